The van der Waals surface area contributed by atoms with E-state index >= 15 is 0 Å². The predicted molar refractivity (Wildman–Crippen MR) is 123 cm³/mol. The highest BCUT2D eigenvalue weighted by molar-refractivity contribution is 14.0. The van der Waals surface area contributed by atoms with Crippen LogP contribution >= 0.6 is 24.0 Å². The zero-order valence-corrected chi connectivity index (χ0v) is 19.4. The van der Waals surface area contributed by atoms with E-state index in [1.54, 1.807) is 24.0 Å². The van der Waals surface area contributed by atoms with Gasteiger partial charge in [-0.25, -0.2) is 4.99 Å². The minimum Gasteiger partial charge on any atom is -0.493 e. The minimum absolute atomic E-state index is 0. The van der Waals surface area contributed by atoms with Crippen molar-refractivity contribution in [1.82, 2.24) is 20.4 Å². The first-order valence-electron chi connectivity index (χ1n) is 9.34. The van der Waals surface area contributed by atoms with E-state index in [0.29, 0.717) is 12.6 Å². The zero-order valence-electron chi connectivity index (χ0n) is 17.1. The Labute approximate surface area is 184 Å². The summed E-state index contributed by atoms with van der Waals surface area (Å²) in [6.07, 6.45) is 4.31. The number of aliphatic imine (C=N–C) groups is 1. The molecule has 0 aliphatic heterocycles. The standard InChI is InChI=1S/C20H31N5O2.HI/c1-5-21-19(23-15-20(3,26)17-13-24-25(4)14-17)22-11-8-12-27-18-10-7-6-9-16(18)2;/h6-7,9-10,13-14,26H,5,8,11-12,15H2,1-4H3,(H2,21,22,23);1H. The lowest BCUT2D eigenvalue weighted by Gasteiger charge is -2.20. The lowest BCUT2D eigenvalue weighted by atomic mass is 10.0. The predicted octanol–water partition coefficient (Wildman–Crippen LogP) is 2.58. The summed E-state index contributed by atoms with van der Waals surface area (Å²) in [5.74, 6) is 1.60. The van der Waals surface area contributed by atoms with Gasteiger partial charge in [0.15, 0.2) is 5.96 Å². The van der Waals surface area contributed by atoms with Crippen molar-refractivity contribution in [2.24, 2.45) is 12.0 Å². The molecule has 1 heterocycles. The Morgan fingerprint density at radius 2 is 2.07 bits per heavy atom. The first-order chi connectivity index (χ1) is 12.9. The zero-order chi connectivity index (χ0) is 19.7. The lowest BCUT2D eigenvalue weighted by molar-refractivity contribution is 0.0672. The number of hydrogen-bond acceptors (Lipinski definition) is 4. The van der Waals surface area contributed by atoms with E-state index in [4.69, 9.17) is 4.74 Å². The van der Waals surface area contributed by atoms with Crippen LogP contribution in [-0.2, 0) is 12.6 Å². The number of para-hydroxylation sites is 1. The third kappa shape index (κ3) is 7.67. The number of aliphatic hydroxyl groups is 1. The van der Waals surface area contributed by atoms with Crippen molar-refractivity contribution in [3.05, 3.63) is 47.8 Å². The molecule has 156 valence electrons. The van der Waals surface area contributed by atoms with Gasteiger partial charge in [0.05, 0.1) is 19.3 Å². The monoisotopic (exact) mass is 501 g/mol. The molecule has 0 radical (unpaired) electrons. The second-order valence-corrected chi connectivity index (χ2v) is 6.77. The largest absolute Gasteiger partial charge is 0.493 e. The first-order valence-corrected chi connectivity index (χ1v) is 9.34. The molecule has 1 aromatic heterocycles. The second kappa shape index (κ2) is 11.9. The van der Waals surface area contributed by atoms with Gasteiger partial charge in [-0.05, 0) is 38.8 Å². The third-order valence-electron chi connectivity index (χ3n) is 4.18. The average molecular weight is 501 g/mol. The maximum absolute atomic E-state index is 10.6. The molecule has 8 heteroatoms. The highest BCUT2D eigenvalue weighted by Crippen LogP contribution is 2.20. The van der Waals surface area contributed by atoms with E-state index in [1.807, 2.05) is 45.2 Å². The van der Waals surface area contributed by atoms with E-state index in [9.17, 15) is 5.11 Å². The van der Waals surface area contributed by atoms with Crippen LogP contribution in [0.25, 0.3) is 0 Å². The molecule has 3 N–H and O–H groups in total. The summed E-state index contributed by atoms with van der Waals surface area (Å²) in [4.78, 5) is 4.51. The maximum atomic E-state index is 10.6. The lowest BCUT2D eigenvalue weighted by Crippen LogP contribution is -2.39. The molecule has 0 saturated heterocycles. The number of halogens is 1. The molecule has 0 spiro atoms. The molecule has 0 aliphatic carbocycles. The van der Waals surface area contributed by atoms with Gasteiger partial charge in [-0.3, -0.25) is 4.68 Å². The fourth-order valence-electron chi connectivity index (χ4n) is 2.54. The number of rotatable bonds is 9. The highest BCUT2D eigenvalue weighted by atomic mass is 127. The smallest absolute Gasteiger partial charge is 0.191 e. The SMILES string of the molecule is CCNC(=NCC(C)(O)c1cnn(C)c1)NCCCOc1ccccc1C.I. The van der Waals surface area contributed by atoms with Crippen LogP contribution in [0.15, 0.2) is 41.7 Å². The summed E-state index contributed by atoms with van der Waals surface area (Å²) in [6, 6.07) is 8.00. The van der Waals surface area contributed by atoms with E-state index < -0.39 is 5.60 Å². The third-order valence-corrected chi connectivity index (χ3v) is 4.18. The number of hydrogen-bond donors (Lipinski definition) is 3. The molecule has 0 aliphatic rings. The number of nitrogens with zero attached hydrogens (tertiary/aromatic N) is 3. The van der Waals surface area contributed by atoms with Gasteiger partial charge in [-0.2, -0.15) is 5.10 Å². The average Bonchev–Trinajstić information content (AvgIpc) is 3.08. The molecule has 1 atom stereocenters. The van der Waals surface area contributed by atoms with Crippen molar-refractivity contribution < 1.29 is 9.84 Å². The van der Waals surface area contributed by atoms with Gasteiger partial charge in [0.1, 0.15) is 11.4 Å². The number of guanidine groups is 1. The number of ether oxygens (including phenoxy) is 1. The molecule has 0 saturated carbocycles. The molecule has 0 fully saturated rings. The molecule has 1 unspecified atom stereocenters. The van der Waals surface area contributed by atoms with Crippen molar-refractivity contribution in [3.8, 4) is 5.75 Å². The molecule has 0 amide bonds. The molecule has 2 rings (SSSR count). The molecule has 0 bridgehead atoms. The van der Waals surface area contributed by atoms with Gasteiger partial charge in [0.25, 0.3) is 0 Å². The van der Waals surface area contributed by atoms with E-state index in [0.717, 1.165) is 36.4 Å². The van der Waals surface area contributed by atoms with Crippen LogP contribution < -0.4 is 15.4 Å². The summed E-state index contributed by atoms with van der Waals surface area (Å²) in [5.41, 5.74) is 0.819. The van der Waals surface area contributed by atoms with Gasteiger partial charge in [-0.15, -0.1) is 24.0 Å². The Bertz CT molecular complexity index is 746. The van der Waals surface area contributed by atoms with Gasteiger partial charge < -0.3 is 20.5 Å². The van der Waals surface area contributed by atoms with E-state index in [2.05, 4.69) is 20.7 Å². The second-order valence-electron chi connectivity index (χ2n) is 6.77. The van der Waals surface area contributed by atoms with Gasteiger partial charge in [0, 0.05) is 31.9 Å². The minimum atomic E-state index is -1.06. The Balaban J connectivity index is 0.00000392. The van der Waals surface area contributed by atoms with Crippen molar-refractivity contribution in [2.45, 2.75) is 32.8 Å². The highest BCUT2D eigenvalue weighted by Gasteiger charge is 2.24. The van der Waals surface area contributed by atoms with Crippen molar-refractivity contribution in [1.29, 1.82) is 0 Å². The maximum Gasteiger partial charge on any atom is 0.191 e. The van der Waals surface area contributed by atoms with Gasteiger partial charge >= 0.3 is 0 Å². The Morgan fingerprint density at radius 1 is 1.32 bits per heavy atom. The first kappa shape index (κ1) is 24.2. The van der Waals surface area contributed by atoms with Crippen molar-refractivity contribution in [2.75, 3.05) is 26.2 Å². The topological polar surface area (TPSA) is 83.7 Å². The van der Waals surface area contributed by atoms with Crippen molar-refractivity contribution in [3.63, 3.8) is 0 Å². The molecular weight excluding hydrogens is 469 g/mol. The molecule has 1 aromatic carbocycles. The van der Waals surface area contributed by atoms with Gasteiger partial charge in [0.2, 0.25) is 0 Å². The Hall–Kier alpha value is -1.81. The molecular formula is C20H32IN5O2. The number of benzene rings is 1. The number of aryl methyl sites for hydroxylation is 2. The van der Waals surface area contributed by atoms with Crippen LogP contribution in [0.3, 0.4) is 0 Å². The van der Waals surface area contributed by atoms with Crippen LogP contribution in [0.1, 0.15) is 31.4 Å². The Kier molecular flexibility index (Phi) is 10.3. The summed E-state index contributed by atoms with van der Waals surface area (Å²) in [6.45, 7) is 8.15. The summed E-state index contributed by atoms with van der Waals surface area (Å²) in [5, 5.41) is 21.2. The van der Waals surface area contributed by atoms with Crippen LogP contribution in [-0.4, -0.2) is 47.1 Å². The normalized spacial score (nSPS) is 13.4. The fourth-order valence-corrected chi connectivity index (χ4v) is 2.54. The van der Waals surface area contributed by atoms with Crippen LogP contribution in [0, 0.1) is 6.92 Å². The quantitative estimate of drug-likeness (QED) is 0.213. The summed E-state index contributed by atoms with van der Waals surface area (Å²) < 4.78 is 7.48. The fraction of sp³-hybridized carbons (Fsp3) is 0.500. The molecule has 28 heavy (non-hydrogen) atoms. The molecule has 7 nitrogen and oxygen atoms in total. The van der Waals surface area contributed by atoms with Crippen LogP contribution in [0.4, 0.5) is 0 Å². The molecule has 2 aromatic rings. The van der Waals surface area contributed by atoms with Crippen molar-refractivity contribution >= 4 is 29.9 Å². The summed E-state index contributed by atoms with van der Waals surface area (Å²) >= 11 is 0. The van der Waals surface area contributed by atoms with Crippen LogP contribution in [0.2, 0.25) is 0 Å². The summed E-state index contributed by atoms with van der Waals surface area (Å²) in [7, 11) is 1.83. The van der Waals surface area contributed by atoms with E-state index in [1.165, 1.54) is 0 Å². The number of nitrogens with one attached hydrogen (secondary N) is 2. The van der Waals surface area contributed by atoms with Gasteiger partial charge in [-0.1, -0.05) is 18.2 Å². The van der Waals surface area contributed by atoms with E-state index in [-0.39, 0.29) is 30.5 Å². The van der Waals surface area contributed by atoms with Crippen LogP contribution in [0.5, 0.6) is 5.75 Å². The Morgan fingerprint density at radius 3 is 2.71 bits per heavy atom. The number of aromatic nitrogens is 2.